The lowest BCUT2D eigenvalue weighted by atomic mass is 9.95. The summed E-state index contributed by atoms with van der Waals surface area (Å²) in [7, 11) is -3.39. The van der Waals surface area contributed by atoms with Crippen molar-refractivity contribution >= 4 is 21.6 Å². The molecule has 0 spiro atoms. The highest BCUT2D eigenvalue weighted by Crippen LogP contribution is 2.26. The Balaban J connectivity index is 2.19. The Bertz CT molecular complexity index is 487. The van der Waals surface area contributed by atoms with Gasteiger partial charge < -0.3 is 0 Å². The van der Waals surface area contributed by atoms with Crippen LogP contribution in [0.2, 0.25) is 0 Å². The molecule has 0 radical (unpaired) electrons. The minimum atomic E-state index is -3.39. The van der Waals surface area contributed by atoms with Crippen molar-refractivity contribution in [3.05, 3.63) is 30.1 Å². The van der Waals surface area contributed by atoms with Crippen LogP contribution in [-0.4, -0.2) is 29.0 Å². The maximum atomic E-state index is 12.2. The SMILES string of the molecule is O=S(=O)(CCl)N(Cc1cccnc1)C1CCCCC1. The van der Waals surface area contributed by atoms with Gasteiger partial charge in [-0.1, -0.05) is 25.3 Å². The molecule has 4 nitrogen and oxygen atoms in total. The van der Waals surface area contributed by atoms with Crippen molar-refractivity contribution in [2.45, 2.75) is 44.7 Å². The van der Waals surface area contributed by atoms with Gasteiger partial charge in [0.15, 0.2) is 0 Å². The number of hydrogen-bond donors (Lipinski definition) is 0. The van der Waals surface area contributed by atoms with Gasteiger partial charge in [0.2, 0.25) is 10.0 Å². The van der Waals surface area contributed by atoms with Crippen molar-refractivity contribution in [3.8, 4) is 0 Å². The zero-order chi connectivity index (χ0) is 13.7. The third kappa shape index (κ3) is 3.91. The number of pyridine rings is 1. The first-order valence-corrected chi connectivity index (χ1v) is 8.72. The average molecular weight is 303 g/mol. The second-order valence-electron chi connectivity index (χ2n) is 4.92. The second-order valence-corrected chi connectivity index (χ2v) is 7.43. The molecule has 106 valence electrons. The van der Waals surface area contributed by atoms with E-state index in [1.165, 1.54) is 6.42 Å². The van der Waals surface area contributed by atoms with Crippen LogP contribution in [0.15, 0.2) is 24.5 Å². The van der Waals surface area contributed by atoms with Crippen LogP contribution >= 0.6 is 11.6 Å². The largest absolute Gasteiger partial charge is 0.264 e. The summed E-state index contributed by atoms with van der Waals surface area (Å²) < 4.78 is 25.9. The molecular weight excluding hydrogens is 284 g/mol. The third-order valence-corrected chi connectivity index (χ3v) is 5.78. The molecule has 0 saturated heterocycles. The molecular formula is C13H19ClN2O2S. The predicted molar refractivity (Wildman–Crippen MR) is 76.3 cm³/mol. The molecule has 1 aromatic heterocycles. The lowest BCUT2D eigenvalue weighted by molar-refractivity contribution is 0.248. The van der Waals surface area contributed by atoms with Crippen molar-refractivity contribution in [2.24, 2.45) is 0 Å². The van der Waals surface area contributed by atoms with E-state index in [2.05, 4.69) is 4.98 Å². The molecule has 1 aliphatic carbocycles. The monoisotopic (exact) mass is 302 g/mol. The Morgan fingerprint density at radius 2 is 2.05 bits per heavy atom. The van der Waals surface area contributed by atoms with Crippen molar-refractivity contribution < 1.29 is 8.42 Å². The third-order valence-electron chi connectivity index (χ3n) is 3.54. The van der Waals surface area contributed by atoms with Crippen molar-refractivity contribution in [1.82, 2.24) is 9.29 Å². The Hall–Kier alpha value is -0.650. The molecule has 0 N–H and O–H groups in total. The Morgan fingerprint density at radius 1 is 1.32 bits per heavy atom. The number of sulfonamides is 1. The molecule has 19 heavy (non-hydrogen) atoms. The molecule has 6 heteroatoms. The molecule has 1 heterocycles. The highest BCUT2D eigenvalue weighted by molar-refractivity contribution is 7.90. The topological polar surface area (TPSA) is 50.3 Å². The highest BCUT2D eigenvalue weighted by Gasteiger charge is 2.30. The smallest absolute Gasteiger partial charge is 0.228 e. The number of alkyl halides is 1. The number of nitrogens with zero attached hydrogens (tertiary/aromatic N) is 2. The molecule has 0 aromatic carbocycles. The van der Waals surface area contributed by atoms with Crippen LogP contribution < -0.4 is 0 Å². The summed E-state index contributed by atoms with van der Waals surface area (Å²) in [5.41, 5.74) is 0.904. The van der Waals surface area contributed by atoms with Crippen molar-refractivity contribution in [2.75, 3.05) is 5.21 Å². The number of rotatable bonds is 5. The van der Waals surface area contributed by atoms with Gasteiger partial charge in [-0.25, -0.2) is 8.42 Å². The zero-order valence-electron chi connectivity index (χ0n) is 10.8. The van der Waals surface area contributed by atoms with E-state index in [9.17, 15) is 8.42 Å². The molecule has 0 unspecified atom stereocenters. The molecule has 1 aromatic rings. The predicted octanol–water partition coefficient (Wildman–Crippen LogP) is 2.74. The normalized spacial score (nSPS) is 17.8. The maximum Gasteiger partial charge on any atom is 0.228 e. The maximum absolute atomic E-state index is 12.2. The van der Waals surface area contributed by atoms with Crippen molar-refractivity contribution in [1.29, 1.82) is 0 Å². The minimum Gasteiger partial charge on any atom is -0.264 e. The van der Waals surface area contributed by atoms with E-state index in [1.807, 2.05) is 12.1 Å². The molecule has 1 fully saturated rings. The molecule has 1 aliphatic rings. The van der Waals surface area contributed by atoms with Crippen LogP contribution in [0.5, 0.6) is 0 Å². The van der Waals surface area contributed by atoms with Gasteiger partial charge >= 0.3 is 0 Å². The van der Waals surface area contributed by atoms with Crippen molar-refractivity contribution in [3.63, 3.8) is 0 Å². The van der Waals surface area contributed by atoms with Gasteiger partial charge in [-0.2, -0.15) is 4.31 Å². The Kier molecular flexibility index (Phi) is 5.19. The van der Waals surface area contributed by atoms with Gasteiger partial charge in [0.1, 0.15) is 5.21 Å². The van der Waals surface area contributed by atoms with Gasteiger partial charge in [0, 0.05) is 25.0 Å². The fourth-order valence-electron chi connectivity index (χ4n) is 2.56. The summed E-state index contributed by atoms with van der Waals surface area (Å²) in [5, 5.41) is -0.357. The highest BCUT2D eigenvalue weighted by atomic mass is 35.5. The van der Waals surface area contributed by atoms with E-state index < -0.39 is 10.0 Å². The summed E-state index contributed by atoms with van der Waals surface area (Å²) in [6.07, 6.45) is 8.62. The summed E-state index contributed by atoms with van der Waals surface area (Å²) in [5.74, 6) is 0. The van der Waals surface area contributed by atoms with Gasteiger partial charge in [-0.3, -0.25) is 4.98 Å². The van der Waals surface area contributed by atoms with Gasteiger partial charge in [0.25, 0.3) is 0 Å². The van der Waals surface area contributed by atoms with Crippen LogP contribution in [0.25, 0.3) is 0 Å². The zero-order valence-corrected chi connectivity index (χ0v) is 12.4. The average Bonchev–Trinajstić information content (AvgIpc) is 2.46. The van der Waals surface area contributed by atoms with E-state index in [0.717, 1.165) is 31.2 Å². The van der Waals surface area contributed by atoms with E-state index in [0.29, 0.717) is 6.54 Å². The molecule has 0 bridgehead atoms. The quantitative estimate of drug-likeness (QED) is 0.786. The molecule has 0 atom stereocenters. The second kappa shape index (κ2) is 6.68. The molecule has 1 saturated carbocycles. The van der Waals surface area contributed by atoms with Crippen LogP contribution in [0.4, 0.5) is 0 Å². The standard InChI is InChI=1S/C13H19ClN2O2S/c14-11-19(17,18)16(13-6-2-1-3-7-13)10-12-5-4-8-15-9-12/h4-5,8-9,13H,1-3,6-7,10-11H2. The van der Waals surface area contributed by atoms with Crippen LogP contribution in [0.3, 0.4) is 0 Å². The number of halogens is 1. The summed E-state index contributed by atoms with van der Waals surface area (Å²) in [6.45, 7) is 0.369. The molecule has 2 rings (SSSR count). The van der Waals surface area contributed by atoms with Gasteiger partial charge in [0.05, 0.1) is 0 Å². The van der Waals surface area contributed by atoms with Crippen LogP contribution in [0, 0.1) is 0 Å². The Labute approximate surface area is 119 Å². The first kappa shape index (κ1) is 14.8. The molecule has 0 amide bonds. The fraction of sp³-hybridized carbons (Fsp3) is 0.615. The molecule has 0 aliphatic heterocycles. The fourth-order valence-corrected chi connectivity index (χ4v) is 4.07. The Morgan fingerprint density at radius 3 is 2.63 bits per heavy atom. The number of aromatic nitrogens is 1. The number of hydrogen-bond acceptors (Lipinski definition) is 3. The minimum absolute atomic E-state index is 0.0812. The summed E-state index contributed by atoms with van der Waals surface area (Å²) in [6, 6.07) is 3.80. The van der Waals surface area contributed by atoms with E-state index in [-0.39, 0.29) is 11.3 Å². The first-order chi connectivity index (χ1) is 9.13. The van der Waals surface area contributed by atoms with Gasteiger partial charge in [-0.15, -0.1) is 11.6 Å². The summed E-state index contributed by atoms with van der Waals surface area (Å²) in [4.78, 5) is 4.04. The lowest BCUT2D eigenvalue weighted by Crippen LogP contribution is -2.41. The van der Waals surface area contributed by atoms with E-state index in [4.69, 9.17) is 11.6 Å². The summed E-state index contributed by atoms with van der Waals surface area (Å²) >= 11 is 5.63. The first-order valence-electron chi connectivity index (χ1n) is 6.58. The lowest BCUT2D eigenvalue weighted by Gasteiger charge is -2.32. The van der Waals surface area contributed by atoms with Gasteiger partial charge in [-0.05, 0) is 24.5 Å². The van der Waals surface area contributed by atoms with E-state index in [1.54, 1.807) is 16.7 Å². The van der Waals surface area contributed by atoms with E-state index >= 15 is 0 Å². The van der Waals surface area contributed by atoms with Crippen LogP contribution in [-0.2, 0) is 16.6 Å². The van der Waals surface area contributed by atoms with Crippen LogP contribution in [0.1, 0.15) is 37.7 Å².